The van der Waals surface area contributed by atoms with Gasteiger partial charge in [-0.2, -0.15) is 0 Å². The van der Waals surface area contributed by atoms with Crippen molar-refractivity contribution in [2.75, 3.05) is 14.2 Å². The number of aromatic nitrogens is 2. The van der Waals surface area contributed by atoms with E-state index in [9.17, 15) is 4.79 Å². The van der Waals surface area contributed by atoms with Crippen LogP contribution in [-0.2, 0) is 6.42 Å². The summed E-state index contributed by atoms with van der Waals surface area (Å²) in [5, 5.41) is 0.717. The Hall–Kier alpha value is -4.38. The standard InChI is InChI=1S/C34H25N3O4S3/c1-39-20-12-15-26(40-2)24(17-20)31-23-14-11-19-7-3-4-8-22(19)30(23)36-33-37(31)32(38)28(42-33)18-21-13-16-29(41-21)44-34-35-25-9-5-6-10-27(25)43-34/h3-10,12-13,15-18,31H,11,14H2,1-2H3/b28-18-/t31-/m1/s1. The molecule has 0 N–H and O–H groups in total. The molecule has 0 bridgehead atoms. The monoisotopic (exact) mass is 635 g/mol. The SMILES string of the molecule is COc1ccc(OC)c([C@H]2C3=C(N=c4s/c(=C\c5ccc(Sc6nc7ccccc7s6)o5)c(=O)n42)c2ccccc2CC3)c1. The number of ether oxygens (including phenoxy) is 2. The molecule has 10 heteroatoms. The van der Waals surface area contributed by atoms with Crippen LogP contribution in [-0.4, -0.2) is 23.8 Å². The Bertz CT molecular complexity index is 2260. The average molecular weight is 636 g/mol. The molecule has 1 aliphatic carbocycles. The van der Waals surface area contributed by atoms with Gasteiger partial charge in [-0.25, -0.2) is 9.98 Å². The number of rotatable bonds is 6. The number of hydrogen-bond acceptors (Lipinski definition) is 9. The summed E-state index contributed by atoms with van der Waals surface area (Å²) in [5.41, 5.74) is 6.13. The zero-order valence-electron chi connectivity index (χ0n) is 23.8. The minimum absolute atomic E-state index is 0.120. The topological polar surface area (TPSA) is 78.8 Å². The van der Waals surface area contributed by atoms with Crippen molar-refractivity contribution < 1.29 is 13.9 Å². The van der Waals surface area contributed by atoms with Crippen molar-refractivity contribution in [2.24, 2.45) is 4.99 Å². The number of allylic oxidation sites excluding steroid dienone is 1. The third-order valence-electron chi connectivity index (χ3n) is 7.94. The number of benzene rings is 3. The smallest absolute Gasteiger partial charge is 0.271 e. The highest BCUT2D eigenvalue weighted by molar-refractivity contribution is 8.01. The van der Waals surface area contributed by atoms with Crippen LogP contribution in [0.2, 0.25) is 0 Å². The number of para-hydroxylation sites is 1. The van der Waals surface area contributed by atoms with Gasteiger partial charge in [0.2, 0.25) is 0 Å². The molecule has 1 atom stereocenters. The third kappa shape index (κ3) is 4.61. The zero-order valence-corrected chi connectivity index (χ0v) is 26.2. The van der Waals surface area contributed by atoms with E-state index >= 15 is 0 Å². The lowest BCUT2D eigenvalue weighted by Crippen LogP contribution is -2.39. The van der Waals surface area contributed by atoms with Gasteiger partial charge in [0.25, 0.3) is 5.56 Å². The molecule has 3 aromatic heterocycles. The van der Waals surface area contributed by atoms with E-state index in [1.807, 2.05) is 60.7 Å². The van der Waals surface area contributed by atoms with Crippen LogP contribution in [0.4, 0.5) is 0 Å². The molecule has 1 aliphatic heterocycles. The largest absolute Gasteiger partial charge is 0.497 e. The number of furan rings is 1. The van der Waals surface area contributed by atoms with Gasteiger partial charge in [0.15, 0.2) is 14.2 Å². The summed E-state index contributed by atoms with van der Waals surface area (Å²) in [6, 6.07) is 25.6. The number of thiazole rings is 2. The second-order valence-electron chi connectivity index (χ2n) is 10.4. The second-order valence-corrected chi connectivity index (χ2v) is 13.7. The lowest BCUT2D eigenvalue weighted by atomic mass is 9.83. The van der Waals surface area contributed by atoms with E-state index in [0.29, 0.717) is 31.7 Å². The van der Waals surface area contributed by atoms with Crippen LogP contribution in [0.5, 0.6) is 11.5 Å². The third-order valence-corrected chi connectivity index (χ3v) is 10.9. The first kappa shape index (κ1) is 27.2. The molecular formula is C34H25N3O4S3. The molecule has 0 spiro atoms. The number of hydrogen-bond donors (Lipinski definition) is 0. The molecular weight excluding hydrogens is 611 g/mol. The molecule has 6 aromatic rings. The molecule has 0 radical (unpaired) electrons. The minimum Gasteiger partial charge on any atom is -0.497 e. The summed E-state index contributed by atoms with van der Waals surface area (Å²) in [4.78, 5) is 24.7. The van der Waals surface area contributed by atoms with E-state index in [-0.39, 0.29) is 11.6 Å². The quantitative estimate of drug-likeness (QED) is 0.203. The highest BCUT2D eigenvalue weighted by atomic mass is 32.2. The van der Waals surface area contributed by atoms with Crippen LogP contribution in [0.1, 0.15) is 34.9 Å². The van der Waals surface area contributed by atoms with E-state index in [1.54, 1.807) is 30.1 Å². The first-order valence-corrected chi connectivity index (χ1v) is 16.5. The van der Waals surface area contributed by atoms with Gasteiger partial charge >= 0.3 is 0 Å². The van der Waals surface area contributed by atoms with Gasteiger partial charge in [0, 0.05) is 17.2 Å². The summed E-state index contributed by atoms with van der Waals surface area (Å²) in [6.45, 7) is 0. The molecule has 0 saturated carbocycles. The molecule has 0 unspecified atom stereocenters. The van der Waals surface area contributed by atoms with Crippen LogP contribution >= 0.6 is 34.4 Å². The summed E-state index contributed by atoms with van der Waals surface area (Å²) in [7, 11) is 3.30. The number of aryl methyl sites for hydroxylation is 1. The molecule has 7 nitrogen and oxygen atoms in total. The van der Waals surface area contributed by atoms with Crippen molar-refractivity contribution in [1.29, 1.82) is 0 Å². The summed E-state index contributed by atoms with van der Waals surface area (Å²) in [6.07, 6.45) is 3.47. The van der Waals surface area contributed by atoms with Crippen molar-refractivity contribution >= 4 is 56.4 Å². The van der Waals surface area contributed by atoms with Crippen molar-refractivity contribution in [2.45, 2.75) is 28.3 Å². The van der Waals surface area contributed by atoms with Crippen molar-refractivity contribution in [3.8, 4) is 11.5 Å². The van der Waals surface area contributed by atoms with E-state index in [1.165, 1.54) is 28.7 Å². The van der Waals surface area contributed by atoms with Crippen molar-refractivity contribution in [3.05, 3.63) is 127 Å². The predicted octanol–water partition coefficient (Wildman–Crippen LogP) is 6.69. The van der Waals surface area contributed by atoms with Gasteiger partial charge in [0.1, 0.15) is 17.3 Å². The molecule has 8 rings (SSSR count). The first-order chi connectivity index (χ1) is 21.6. The summed E-state index contributed by atoms with van der Waals surface area (Å²) >= 11 is 4.48. The number of fused-ring (bicyclic) bond motifs is 4. The van der Waals surface area contributed by atoms with E-state index in [2.05, 4.69) is 24.3 Å². The van der Waals surface area contributed by atoms with Crippen molar-refractivity contribution in [1.82, 2.24) is 9.55 Å². The normalized spacial score (nSPS) is 16.0. The predicted molar refractivity (Wildman–Crippen MR) is 175 cm³/mol. The fraction of sp³-hybridized carbons (Fsp3) is 0.147. The lowest BCUT2D eigenvalue weighted by Gasteiger charge is -2.31. The van der Waals surface area contributed by atoms with Crippen LogP contribution in [0.3, 0.4) is 0 Å². The fourth-order valence-corrected chi connectivity index (χ4v) is 8.88. The Morgan fingerprint density at radius 1 is 0.977 bits per heavy atom. The highest BCUT2D eigenvalue weighted by Crippen LogP contribution is 2.44. The Morgan fingerprint density at radius 3 is 2.70 bits per heavy atom. The first-order valence-electron chi connectivity index (χ1n) is 14.1. The van der Waals surface area contributed by atoms with Gasteiger partial charge in [-0.1, -0.05) is 47.7 Å². The maximum atomic E-state index is 14.2. The van der Waals surface area contributed by atoms with Crippen LogP contribution in [0.15, 0.2) is 108 Å². The molecule has 218 valence electrons. The average Bonchev–Trinajstić information content (AvgIpc) is 3.76. The number of methoxy groups -OCH3 is 2. The van der Waals surface area contributed by atoms with Gasteiger partial charge < -0.3 is 13.9 Å². The molecule has 0 amide bonds. The highest BCUT2D eigenvalue weighted by Gasteiger charge is 2.34. The Balaban J connectivity index is 1.25. The summed E-state index contributed by atoms with van der Waals surface area (Å²) in [5.74, 6) is 2.00. The molecule has 44 heavy (non-hydrogen) atoms. The van der Waals surface area contributed by atoms with E-state index < -0.39 is 0 Å². The molecule has 4 heterocycles. The lowest BCUT2D eigenvalue weighted by molar-refractivity contribution is 0.392. The van der Waals surface area contributed by atoms with Crippen LogP contribution in [0.25, 0.3) is 22.0 Å². The van der Waals surface area contributed by atoms with Gasteiger partial charge in [0.05, 0.1) is 40.7 Å². The Kier molecular flexibility index (Phi) is 6.77. The minimum atomic E-state index is -0.386. The fourth-order valence-electron chi connectivity index (χ4n) is 5.93. The van der Waals surface area contributed by atoms with Gasteiger partial charge in [-0.15, -0.1) is 11.3 Å². The van der Waals surface area contributed by atoms with Crippen molar-refractivity contribution in [3.63, 3.8) is 0 Å². The molecule has 3 aromatic carbocycles. The molecule has 2 aliphatic rings. The summed E-state index contributed by atoms with van der Waals surface area (Å²) < 4.78 is 22.0. The van der Waals surface area contributed by atoms with E-state index in [0.717, 1.165) is 49.8 Å². The van der Waals surface area contributed by atoms with Gasteiger partial charge in [-0.3, -0.25) is 9.36 Å². The maximum absolute atomic E-state index is 14.2. The Morgan fingerprint density at radius 2 is 1.84 bits per heavy atom. The van der Waals surface area contributed by atoms with Gasteiger partial charge in [-0.05, 0) is 78.2 Å². The van der Waals surface area contributed by atoms with Crippen LogP contribution in [0, 0.1) is 0 Å². The second kappa shape index (κ2) is 11.0. The van der Waals surface area contributed by atoms with Crippen LogP contribution < -0.4 is 24.4 Å². The number of nitrogens with zero attached hydrogens (tertiary/aromatic N) is 3. The molecule has 0 saturated heterocycles. The maximum Gasteiger partial charge on any atom is 0.271 e. The zero-order chi connectivity index (χ0) is 29.8. The Labute approximate surface area is 264 Å². The molecule has 0 fully saturated rings. The van der Waals surface area contributed by atoms with E-state index in [4.69, 9.17) is 23.9 Å².